The molecule has 0 spiro atoms. The molecule has 4 heterocycles. The van der Waals surface area contributed by atoms with Crippen LogP contribution in [0, 0.1) is 0 Å². The lowest BCUT2D eigenvalue weighted by atomic mass is 10.0. The molecule has 0 amide bonds. The van der Waals surface area contributed by atoms with E-state index in [-0.39, 0.29) is 0 Å². The smallest absolute Gasteiger partial charge is 0.164 e. The Morgan fingerprint density at radius 3 is 1.16 bits per heavy atom. The van der Waals surface area contributed by atoms with Gasteiger partial charge in [0.2, 0.25) is 0 Å². The first-order valence-electron chi connectivity index (χ1n) is 23.3. The first kappa shape index (κ1) is 39.2. The highest BCUT2D eigenvalue weighted by Gasteiger charge is 2.20. The van der Waals surface area contributed by atoms with E-state index in [9.17, 15) is 0 Å². The van der Waals surface area contributed by atoms with E-state index < -0.39 is 0 Å². The number of benzene rings is 10. The van der Waals surface area contributed by atoms with Crippen LogP contribution in [-0.4, -0.2) is 24.1 Å². The van der Waals surface area contributed by atoms with Crippen LogP contribution in [0.1, 0.15) is 0 Å². The van der Waals surface area contributed by atoms with Gasteiger partial charge in [-0.25, -0.2) is 15.0 Å². The number of para-hydroxylation sites is 2. The molecular formula is C63H39N5S. The maximum Gasteiger partial charge on any atom is 0.164 e. The molecule has 6 heteroatoms. The SMILES string of the molecule is c1ccc(-c2cccc(-n3c4ccccc4c4cc5c(cc43)sc3cc4c(cc35)c3ccccc3n4-c3ccc(-c4ccc(-c5nc(-c6ccccc6)nc(-c6ccccc6)n5)cc4)cc3)c2)cc1. The first-order chi connectivity index (χ1) is 34.2. The fourth-order valence-corrected chi connectivity index (χ4v) is 11.4. The maximum absolute atomic E-state index is 4.94. The minimum atomic E-state index is 0.643. The fourth-order valence-electron chi connectivity index (χ4n) is 10.3. The number of thiophene rings is 1. The van der Waals surface area contributed by atoms with Gasteiger partial charge in [-0.3, -0.25) is 0 Å². The molecule has 322 valence electrons. The van der Waals surface area contributed by atoms with Crippen molar-refractivity contribution in [3.8, 4) is 67.8 Å². The van der Waals surface area contributed by atoms with Gasteiger partial charge in [-0.15, -0.1) is 11.3 Å². The molecule has 0 unspecified atom stereocenters. The zero-order valence-electron chi connectivity index (χ0n) is 37.2. The van der Waals surface area contributed by atoms with Gasteiger partial charge in [0, 0.05) is 69.8 Å². The van der Waals surface area contributed by atoms with Crippen LogP contribution >= 0.6 is 11.3 Å². The number of fused-ring (bicyclic) bond motifs is 9. The molecule has 69 heavy (non-hydrogen) atoms. The molecule has 0 saturated heterocycles. The van der Waals surface area contributed by atoms with Gasteiger partial charge in [0.15, 0.2) is 17.5 Å². The van der Waals surface area contributed by atoms with E-state index in [1.165, 1.54) is 74.9 Å². The summed E-state index contributed by atoms with van der Waals surface area (Å²) in [4.78, 5) is 14.8. The van der Waals surface area contributed by atoms with Gasteiger partial charge in [-0.1, -0.05) is 176 Å². The molecule has 0 atom stereocenters. The lowest BCUT2D eigenvalue weighted by Crippen LogP contribution is -2.00. The van der Waals surface area contributed by atoms with Crippen LogP contribution < -0.4 is 0 Å². The summed E-state index contributed by atoms with van der Waals surface area (Å²) in [6.07, 6.45) is 0. The van der Waals surface area contributed by atoms with E-state index in [2.05, 4.69) is 185 Å². The van der Waals surface area contributed by atoms with Crippen molar-refractivity contribution in [2.75, 3.05) is 0 Å². The number of rotatable bonds is 7. The molecule has 0 aliphatic heterocycles. The second kappa shape index (κ2) is 15.8. The topological polar surface area (TPSA) is 48.5 Å². The summed E-state index contributed by atoms with van der Waals surface area (Å²) in [5.74, 6) is 1.95. The Bertz CT molecular complexity index is 4210. The molecule has 0 aliphatic carbocycles. The van der Waals surface area contributed by atoms with E-state index in [4.69, 9.17) is 15.0 Å². The van der Waals surface area contributed by atoms with Gasteiger partial charge in [-0.2, -0.15) is 0 Å². The Labute approximate surface area is 401 Å². The standard InChI is InChI=1S/C63H39N5S/c1-4-15-40(16-5-1)46-21-14-22-48(35-46)68-56-26-13-11-24-50(56)52-37-54-53-36-51-49-23-10-12-25-55(49)67(57(51)38-59(53)69-60(54)39-58(52)68)47-33-31-42(32-34-47)41-27-29-45(30-28-41)63-65-61(43-17-6-2-7-18-43)64-62(66-63)44-19-8-3-9-20-44/h1-39H. The maximum atomic E-state index is 4.94. The molecule has 0 aliphatic rings. The summed E-state index contributed by atoms with van der Waals surface area (Å²) >= 11 is 1.88. The number of aromatic nitrogens is 5. The van der Waals surface area contributed by atoms with Crippen LogP contribution in [0.25, 0.3) is 132 Å². The lowest BCUT2D eigenvalue weighted by Gasteiger charge is -2.11. The average Bonchev–Trinajstić information content (AvgIpc) is 4.06. The quantitative estimate of drug-likeness (QED) is 0.160. The first-order valence-corrected chi connectivity index (χ1v) is 24.1. The van der Waals surface area contributed by atoms with Gasteiger partial charge < -0.3 is 9.13 Å². The van der Waals surface area contributed by atoms with Crippen molar-refractivity contribution in [2.45, 2.75) is 0 Å². The summed E-state index contributed by atoms with van der Waals surface area (Å²) in [5.41, 5.74) is 14.6. The highest BCUT2D eigenvalue weighted by molar-refractivity contribution is 7.26. The monoisotopic (exact) mass is 897 g/mol. The van der Waals surface area contributed by atoms with Crippen molar-refractivity contribution < 1.29 is 0 Å². The van der Waals surface area contributed by atoms with E-state index in [0.29, 0.717) is 17.5 Å². The summed E-state index contributed by atoms with van der Waals surface area (Å²) < 4.78 is 7.42. The highest BCUT2D eigenvalue weighted by atomic mass is 32.1. The molecule has 0 saturated carbocycles. The molecule has 14 rings (SSSR count). The molecule has 4 aromatic heterocycles. The Kier molecular flexibility index (Phi) is 9.00. The van der Waals surface area contributed by atoms with Crippen molar-refractivity contribution in [3.63, 3.8) is 0 Å². The fraction of sp³-hybridized carbons (Fsp3) is 0. The van der Waals surface area contributed by atoms with Crippen molar-refractivity contribution in [2.24, 2.45) is 0 Å². The minimum absolute atomic E-state index is 0.643. The van der Waals surface area contributed by atoms with Crippen LogP contribution in [0.3, 0.4) is 0 Å². The van der Waals surface area contributed by atoms with E-state index in [0.717, 1.165) is 39.2 Å². The summed E-state index contributed by atoms with van der Waals surface area (Å²) in [7, 11) is 0. The zero-order chi connectivity index (χ0) is 45.4. The predicted octanol–water partition coefficient (Wildman–Crippen LogP) is 16.8. The van der Waals surface area contributed by atoms with Crippen molar-refractivity contribution in [1.82, 2.24) is 24.1 Å². The second-order valence-electron chi connectivity index (χ2n) is 17.6. The third-order valence-electron chi connectivity index (χ3n) is 13.6. The Morgan fingerprint density at radius 1 is 0.246 bits per heavy atom. The predicted molar refractivity (Wildman–Crippen MR) is 289 cm³/mol. The van der Waals surface area contributed by atoms with Gasteiger partial charge in [0.25, 0.3) is 0 Å². The van der Waals surface area contributed by atoms with Gasteiger partial charge in [0.1, 0.15) is 0 Å². The Hall–Kier alpha value is -8.97. The minimum Gasteiger partial charge on any atom is -0.309 e. The Morgan fingerprint density at radius 2 is 0.638 bits per heavy atom. The third-order valence-corrected chi connectivity index (χ3v) is 14.7. The number of hydrogen-bond donors (Lipinski definition) is 0. The van der Waals surface area contributed by atoms with Gasteiger partial charge >= 0.3 is 0 Å². The summed E-state index contributed by atoms with van der Waals surface area (Å²) in [6, 6.07) is 84.6. The van der Waals surface area contributed by atoms with E-state index in [1.807, 2.05) is 72.0 Å². The summed E-state index contributed by atoms with van der Waals surface area (Å²) in [6.45, 7) is 0. The van der Waals surface area contributed by atoms with Crippen LogP contribution in [0.2, 0.25) is 0 Å². The van der Waals surface area contributed by atoms with E-state index in [1.54, 1.807) is 0 Å². The lowest BCUT2D eigenvalue weighted by molar-refractivity contribution is 1.07. The second-order valence-corrected chi connectivity index (χ2v) is 18.7. The molecule has 14 aromatic rings. The molecule has 0 N–H and O–H groups in total. The molecule has 10 aromatic carbocycles. The van der Waals surface area contributed by atoms with E-state index >= 15 is 0 Å². The van der Waals surface area contributed by atoms with Gasteiger partial charge in [0.05, 0.1) is 22.1 Å². The summed E-state index contributed by atoms with van der Waals surface area (Å²) in [5, 5.41) is 7.60. The largest absolute Gasteiger partial charge is 0.309 e. The third kappa shape index (κ3) is 6.56. The number of nitrogens with zero attached hydrogens (tertiary/aromatic N) is 5. The van der Waals surface area contributed by atoms with Gasteiger partial charge in [-0.05, 0) is 82.9 Å². The van der Waals surface area contributed by atoms with Crippen molar-refractivity contribution in [1.29, 1.82) is 0 Å². The van der Waals surface area contributed by atoms with Crippen LogP contribution in [0.5, 0.6) is 0 Å². The molecule has 5 nitrogen and oxygen atoms in total. The zero-order valence-corrected chi connectivity index (χ0v) is 38.0. The van der Waals surface area contributed by atoms with Crippen LogP contribution in [-0.2, 0) is 0 Å². The number of hydrogen-bond acceptors (Lipinski definition) is 4. The van der Waals surface area contributed by atoms with Crippen LogP contribution in [0.15, 0.2) is 237 Å². The average molecular weight is 898 g/mol. The molecule has 0 bridgehead atoms. The highest BCUT2D eigenvalue weighted by Crippen LogP contribution is 2.44. The van der Waals surface area contributed by atoms with Crippen molar-refractivity contribution >= 4 is 75.1 Å². The molecule has 0 fully saturated rings. The molecular weight excluding hydrogens is 859 g/mol. The Balaban J connectivity index is 0.844. The van der Waals surface area contributed by atoms with Crippen LogP contribution in [0.4, 0.5) is 0 Å². The normalized spacial score (nSPS) is 11.8. The van der Waals surface area contributed by atoms with Crippen molar-refractivity contribution in [3.05, 3.63) is 237 Å². The molecule has 0 radical (unpaired) electrons.